The van der Waals surface area contributed by atoms with Crippen LogP contribution in [0.1, 0.15) is 53.9 Å². The molecule has 2 saturated carbocycles. The Balaban J connectivity index is 0.000000909. The van der Waals surface area contributed by atoms with Crippen LogP contribution >= 0.6 is 34.8 Å². The van der Waals surface area contributed by atoms with E-state index in [2.05, 4.69) is 0 Å². The number of hydrogen-bond acceptors (Lipinski definition) is 9. The van der Waals surface area contributed by atoms with Gasteiger partial charge < -0.3 is 24.4 Å². The maximum Gasteiger partial charge on any atom is 0.331 e. The molecule has 2 N–H and O–H groups in total. The van der Waals surface area contributed by atoms with Crippen LogP contribution in [0.5, 0.6) is 0 Å². The molecular formula is C29H37Cl3O9. The Morgan fingerprint density at radius 2 is 1.73 bits per heavy atom. The molecule has 3 aliphatic carbocycles. The molecule has 41 heavy (non-hydrogen) atoms. The van der Waals surface area contributed by atoms with Gasteiger partial charge >= 0.3 is 17.9 Å². The van der Waals surface area contributed by atoms with Crippen molar-refractivity contribution in [3.8, 4) is 0 Å². The van der Waals surface area contributed by atoms with Crippen molar-refractivity contribution in [3.05, 3.63) is 23.8 Å². The third kappa shape index (κ3) is 5.03. The summed E-state index contributed by atoms with van der Waals surface area (Å²) < 4.78 is 17.0. The van der Waals surface area contributed by atoms with Gasteiger partial charge in [-0.2, -0.15) is 0 Å². The van der Waals surface area contributed by atoms with Crippen LogP contribution in [-0.4, -0.2) is 69.7 Å². The lowest BCUT2D eigenvalue weighted by Crippen LogP contribution is -2.72. The van der Waals surface area contributed by atoms with Crippen LogP contribution in [0, 0.1) is 39.4 Å². The summed E-state index contributed by atoms with van der Waals surface area (Å²) >= 11 is 14.4. The van der Waals surface area contributed by atoms with Gasteiger partial charge in [0.2, 0.25) is 0 Å². The molecule has 2 aliphatic heterocycles. The number of aliphatic hydroxyl groups excluding tert-OH is 2. The number of carbonyl (C=O) groups is 4. The Morgan fingerprint density at radius 1 is 1.10 bits per heavy atom. The molecule has 0 amide bonds. The zero-order valence-corrected chi connectivity index (χ0v) is 26.0. The lowest BCUT2D eigenvalue weighted by atomic mass is 9.36. The van der Waals surface area contributed by atoms with Crippen LogP contribution < -0.4 is 0 Å². The van der Waals surface area contributed by atoms with E-state index in [4.69, 9.17) is 49.0 Å². The van der Waals surface area contributed by atoms with Gasteiger partial charge in [-0.3, -0.25) is 14.4 Å². The largest absolute Gasteiger partial charge is 0.462 e. The van der Waals surface area contributed by atoms with Crippen LogP contribution in [0.3, 0.4) is 0 Å². The van der Waals surface area contributed by atoms with Crippen molar-refractivity contribution in [2.24, 2.45) is 39.4 Å². The number of alkyl halides is 3. The van der Waals surface area contributed by atoms with E-state index in [1.165, 1.54) is 19.1 Å². The molecule has 10 atom stereocenters. The fourth-order valence-electron chi connectivity index (χ4n) is 8.91. The number of carbonyl (C=O) groups excluding carboxylic acids is 4. The summed E-state index contributed by atoms with van der Waals surface area (Å²) in [5, 5.41) is 20.5. The first-order valence-corrected chi connectivity index (χ1v) is 15.0. The molecule has 9 nitrogen and oxygen atoms in total. The monoisotopic (exact) mass is 634 g/mol. The number of allylic oxidation sites excluding steroid dienone is 1. The van der Waals surface area contributed by atoms with Gasteiger partial charge in [0.1, 0.15) is 18.3 Å². The summed E-state index contributed by atoms with van der Waals surface area (Å²) in [6, 6.07) is 0. The minimum absolute atomic E-state index is 0.0498. The molecular weight excluding hydrogens is 599 g/mol. The molecule has 0 aromatic carbocycles. The number of ketones is 1. The molecule has 5 aliphatic rings. The van der Waals surface area contributed by atoms with Gasteiger partial charge in [0.05, 0.1) is 19.6 Å². The number of halogens is 3. The number of ether oxygens (including phenoxy) is 3. The van der Waals surface area contributed by atoms with Crippen LogP contribution in [0.15, 0.2) is 23.8 Å². The Hall–Kier alpha value is -1.65. The van der Waals surface area contributed by atoms with E-state index in [0.29, 0.717) is 12.0 Å². The smallest absolute Gasteiger partial charge is 0.331 e. The standard InChI is InChI=1S/C28H36O9.CHCl3/c1-14(31)35-16-11-26(3,24-15(12-29)8-21(33)37-24)18-10-22(34)36-20-9-17-25(2,13-30)7-6-19(32)27(17,4)23(16)28(18,20)5;2-1(3)4/h6-7,10,15-17,20,23-24,29-30H,8-9,11-13H2,1-5H3;1H/t15-,16-,17+,20-,23-,24+,25+,26-,27-,28-;/m1./s1. The van der Waals surface area contributed by atoms with Gasteiger partial charge in [0.15, 0.2) is 10.1 Å². The molecule has 3 fully saturated rings. The zero-order valence-electron chi connectivity index (χ0n) is 23.7. The van der Waals surface area contributed by atoms with E-state index in [9.17, 15) is 29.4 Å². The average molecular weight is 636 g/mol. The minimum Gasteiger partial charge on any atom is -0.462 e. The molecule has 2 heterocycles. The third-order valence-corrected chi connectivity index (χ3v) is 10.4. The number of esters is 3. The Morgan fingerprint density at radius 3 is 2.29 bits per heavy atom. The first kappa shape index (κ1) is 32.3. The molecule has 12 heteroatoms. The van der Waals surface area contributed by atoms with Gasteiger partial charge in [-0.15, -0.1) is 0 Å². The van der Waals surface area contributed by atoms with E-state index in [-0.39, 0.29) is 37.8 Å². The minimum atomic E-state index is -1.04. The lowest BCUT2D eigenvalue weighted by Gasteiger charge is -2.68. The van der Waals surface area contributed by atoms with Crippen LogP contribution in [0.2, 0.25) is 0 Å². The van der Waals surface area contributed by atoms with Crippen molar-refractivity contribution in [1.29, 1.82) is 0 Å². The number of rotatable bonds is 4. The van der Waals surface area contributed by atoms with Gasteiger partial charge in [-0.25, -0.2) is 4.79 Å². The summed E-state index contributed by atoms with van der Waals surface area (Å²) in [4.78, 5) is 51.6. The summed E-state index contributed by atoms with van der Waals surface area (Å²) in [5.74, 6) is -3.03. The molecule has 0 aromatic heterocycles. The molecule has 1 saturated heterocycles. The van der Waals surface area contributed by atoms with Crippen molar-refractivity contribution in [2.45, 2.75) is 76.5 Å². The maximum absolute atomic E-state index is 13.8. The number of hydrogen-bond donors (Lipinski definition) is 2. The lowest BCUT2D eigenvalue weighted by molar-refractivity contribution is -0.232. The maximum atomic E-state index is 13.8. The fourth-order valence-corrected chi connectivity index (χ4v) is 8.91. The van der Waals surface area contributed by atoms with Crippen LogP contribution in [-0.2, 0) is 33.4 Å². The van der Waals surface area contributed by atoms with Crippen molar-refractivity contribution in [3.63, 3.8) is 0 Å². The van der Waals surface area contributed by atoms with Crippen LogP contribution in [0.4, 0.5) is 0 Å². The van der Waals surface area contributed by atoms with E-state index in [1.54, 1.807) is 6.08 Å². The quantitative estimate of drug-likeness (QED) is 0.268. The van der Waals surface area contributed by atoms with Crippen molar-refractivity contribution in [1.82, 2.24) is 0 Å². The van der Waals surface area contributed by atoms with E-state index >= 15 is 0 Å². The normalized spacial score (nSPS) is 44.6. The highest BCUT2D eigenvalue weighted by molar-refractivity contribution is 6.63. The van der Waals surface area contributed by atoms with Crippen molar-refractivity contribution in [2.75, 3.05) is 13.2 Å². The van der Waals surface area contributed by atoms with Gasteiger partial charge in [-0.05, 0) is 30.4 Å². The molecule has 228 valence electrons. The first-order chi connectivity index (χ1) is 19.0. The number of cyclic esters (lactones) is 1. The SMILES string of the molecule is CC(=O)O[C@@H]1C[C@@](C)([C@H]2OC(=O)C[C@@H]2CO)C2=CC(=O)O[C@@H]3C[C@@H]4[C@](C)(C(=O)C=C[C@@]4(C)CO)[C@@H]1[C@]23C.ClC(Cl)Cl. The predicted molar refractivity (Wildman–Crippen MR) is 150 cm³/mol. The second kappa shape index (κ2) is 11.1. The molecule has 0 radical (unpaired) electrons. The third-order valence-electron chi connectivity index (χ3n) is 10.4. The van der Waals surface area contributed by atoms with Gasteiger partial charge in [0, 0.05) is 46.5 Å². The van der Waals surface area contributed by atoms with E-state index in [1.807, 2.05) is 27.7 Å². The highest BCUT2D eigenvalue weighted by Gasteiger charge is 2.74. The first-order valence-electron chi connectivity index (χ1n) is 13.7. The molecule has 0 bridgehead atoms. The highest BCUT2D eigenvalue weighted by Crippen LogP contribution is 2.71. The second-order valence-electron chi connectivity index (χ2n) is 12.8. The van der Waals surface area contributed by atoms with Gasteiger partial charge in [0.25, 0.3) is 0 Å². The molecule has 0 spiro atoms. The average Bonchev–Trinajstić information content (AvgIpc) is 3.26. The van der Waals surface area contributed by atoms with Crippen molar-refractivity contribution < 1.29 is 43.6 Å². The predicted octanol–water partition coefficient (Wildman–Crippen LogP) is 3.88. The van der Waals surface area contributed by atoms with Crippen molar-refractivity contribution >= 4 is 58.5 Å². The van der Waals surface area contributed by atoms with Gasteiger partial charge in [-0.1, -0.05) is 68.6 Å². The molecule has 5 rings (SSSR count). The van der Waals surface area contributed by atoms with E-state index in [0.717, 1.165) is 0 Å². The van der Waals surface area contributed by atoms with E-state index < -0.39 is 74.0 Å². The topological polar surface area (TPSA) is 136 Å². The fraction of sp³-hybridized carbons (Fsp3) is 0.724. The summed E-state index contributed by atoms with van der Waals surface area (Å²) in [6.45, 7) is 8.44. The Kier molecular flexibility index (Phi) is 8.75. The summed E-state index contributed by atoms with van der Waals surface area (Å²) in [7, 11) is 0. The molecule has 0 aromatic rings. The Bertz CT molecular complexity index is 1180. The summed E-state index contributed by atoms with van der Waals surface area (Å²) in [6.07, 6.45) is 3.12. The van der Waals surface area contributed by atoms with Crippen LogP contribution in [0.25, 0.3) is 0 Å². The zero-order chi connectivity index (χ0) is 30.7. The number of aliphatic hydroxyl groups is 2. The summed E-state index contributed by atoms with van der Waals surface area (Å²) in [5.41, 5.74) is -2.98. The second-order valence-corrected chi connectivity index (χ2v) is 14.7. The molecule has 0 unspecified atom stereocenters. The Labute approximate surface area is 254 Å². The highest BCUT2D eigenvalue weighted by atomic mass is 35.6. The number of fused-ring (bicyclic) bond motifs is 2.